The Morgan fingerprint density at radius 3 is 2.71 bits per heavy atom. The molecule has 14 heavy (non-hydrogen) atoms. The molecule has 0 fully saturated rings. The number of hydrogen-bond acceptors (Lipinski definition) is 1. The van der Waals surface area contributed by atoms with Crippen molar-refractivity contribution < 1.29 is 0 Å². The molecule has 0 aliphatic heterocycles. The van der Waals surface area contributed by atoms with E-state index in [1.807, 2.05) is 31.2 Å². The van der Waals surface area contributed by atoms with Gasteiger partial charge in [-0.15, -0.1) is 0 Å². The molecule has 0 saturated carbocycles. The van der Waals surface area contributed by atoms with E-state index in [9.17, 15) is 0 Å². The lowest BCUT2D eigenvalue weighted by atomic mass is 10.1. The minimum atomic E-state index is 0.460. The third kappa shape index (κ3) is 3.33. The van der Waals surface area contributed by atoms with Gasteiger partial charge in [-0.05, 0) is 24.4 Å². The highest BCUT2D eigenvalue weighted by Crippen LogP contribution is 2.08. The van der Waals surface area contributed by atoms with Crippen molar-refractivity contribution in [1.29, 1.82) is 0 Å². The Morgan fingerprint density at radius 1 is 1.43 bits per heavy atom. The Hall–Kier alpha value is -1.73. The van der Waals surface area contributed by atoms with E-state index in [4.69, 9.17) is 5.53 Å². The van der Waals surface area contributed by atoms with Gasteiger partial charge in [-0.1, -0.05) is 47.1 Å². The zero-order valence-corrected chi connectivity index (χ0v) is 8.22. The van der Waals surface area contributed by atoms with Gasteiger partial charge < -0.3 is 0 Å². The minimum Gasteiger partial charge on any atom is -0.0896 e. The van der Waals surface area contributed by atoms with Crippen LogP contribution in [0.5, 0.6) is 0 Å². The summed E-state index contributed by atoms with van der Waals surface area (Å²) in [5.41, 5.74) is 10.6. The van der Waals surface area contributed by atoms with Crippen LogP contribution in [0.2, 0.25) is 0 Å². The summed E-state index contributed by atoms with van der Waals surface area (Å²) in [6.07, 6.45) is 2.86. The lowest BCUT2D eigenvalue weighted by Gasteiger charge is -2.02. The van der Waals surface area contributed by atoms with Crippen LogP contribution in [-0.4, -0.2) is 6.54 Å². The molecule has 1 aromatic rings. The number of allylic oxidation sites excluding steroid dienone is 1. The number of hydrogen-bond donors (Lipinski definition) is 0. The van der Waals surface area contributed by atoms with Crippen LogP contribution >= 0.6 is 0 Å². The summed E-state index contributed by atoms with van der Waals surface area (Å²) in [7, 11) is 0. The lowest BCUT2D eigenvalue weighted by molar-refractivity contribution is 1.02. The Kier molecular flexibility index (Phi) is 4.32. The molecule has 0 N–H and O–H groups in total. The van der Waals surface area contributed by atoms with Gasteiger partial charge in [0.25, 0.3) is 0 Å². The molecule has 1 rings (SSSR count). The number of rotatable bonds is 4. The van der Waals surface area contributed by atoms with Gasteiger partial charge in [0, 0.05) is 11.5 Å². The standard InChI is InChI=1S/C11H13N3/c1-2-10(9-13-14-12)8-11-6-4-3-5-7-11/h2-7H,8-9H2,1H3/b10-2-. The molecule has 3 nitrogen and oxygen atoms in total. The normalized spacial score (nSPS) is 10.8. The van der Waals surface area contributed by atoms with E-state index in [0.29, 0.717) is 6.54 Å². The van der Waals surface area contributed by atoms with Gasteiger partial charge in [0.05, 0.1) is 0 Å². The summed E-state index contributed by atoms with van der Waals surface area (Å²) in [5, 5.41) is 3.55. The van der Waals surface area contributed by atoms with Crippen molar-refractivity contribution in [3.8, 4) is 0 Å². The fraction of sp³-hybridized carbons (Fsp3) is 0.273. The van der Waals surface area contributed by atoms with Gasteiger partial charge >= 0.3 is 0 Å². The van der Waals surface area contributed by atoms with Crippen molar-refractivity contribution in [2.24, 2.45) is 5.11 Å². The quantitative estimate of drug-likeness (QED) is 0.300. The van der Waals surface area contributed by atoms with E-state index in [1.165, 1.54) is 5.56 Å². The van der Waals surface area contributed by atoms with Crippen LogP contribution < -0.4 is 0 Å². The average Bonchev–Trinajstić information content (AvgIpc) is 2.25. The van der Waals surface area contributed by atoms with E-state index < -0.39 is 0 Å². The molecular weight excluding hydrogens is 174 g/mol. The molecule has 0 unspecified atom stereocenters. The number of benzene rings is 1. The maximum absolute atomic E-state index is 8.21. The van der Waals surface area contributed by atoms with E-state index in [2.05, 4.69) is 22.2 Å². The molecule has 3 heteroatoms. The van der Waals surface area contributed by atoms with Crippen LogP contribution in [0.15, 0.2) is 47.1 Å². The first-order chi connectivity index (χ1) is 6.86. The topological polar surface area (TPSA) is 48.8 Å². The van der Waals surface area contributed by atoms with Gasteiger partial charge in [0.2, 0.25) is 0 Å². The molecule has 0 aliphatic carbocycles. The van der Waals surface area contributed by atoms with Crippen LogP contribution in [0.25, 0.3) is 10.4 Å². The van der Waals surface area contributed by atoms with Gasteiger partial charge in [-0.2, -0.15) is 0 Å². The fourth-order valence-electron chi connectivity index (χ4n) is 1.23. The lowest BCUT2D eigenvalue weighted by Crippen LogP contribution is -1.93. The van der Waals surface area contributed by atoms with Crippen LogP contribution in [0.4, 0.5) is 0 Å². The molecule has 0 spiro atoms. The van der Waals surface area contributed by atoms with E-state index in [-0.39, 0.29) is 0 Å². The van der Waals surface area contributed by atoms with Crippen molar-refractivity contribution >= 4 is 0 Å². The Labute approximate surface area is 83.7 Å². The summed E-state index contributed by atoms with van der Waals surface area (Å²) >= 11 is 0. The zero-order chi connectivity index (χ0) is 10.2. The van der Waals surface area contributed by atoms with Gasteiger partial charge in [-0.3, -0.25) is 0 Å². The van der Waals surface area contributed by atoms with Crippen molar-refractivity contribution in [2.75, 3.05) is 6.54 Å². The van der Waals surface area contributed by atoms with Gasteiger partial charge in [0.1, 0.15) is 0 Å². The molecule has 0 aromatic heterocycles. The van der Waals surface area contributed by atoms with E-state index in [0.717, 1.165) is 12.0 Å². The summed E-state index contributed by atoms with van der Waals surface area (Å²) in [5.74, 6) is 0. The van der Waals surface area contributed by atoms with E-state index >= 15 is 0 Å². The van der Waals surface area contributed by atoms with Crippen molar-refractivity contribution in [3.63, 3.8) is 0 Å². The number of azide groups is 1. The average molecular weight is 187 g/mol. The summed E-state index contributed by atoms with van der Waals surface area (Å²) in [4.78, 5) is 2.75. The molecule has 0 heterocycles. The Balaban J connectivity index is 2.62. The highest BCUT2D eigenvalue weighted by atomic mass is 15.1. The first kappa shape index (κ1) is 10.4. The predicted octanol–water partition coefficient (Wildman–Crippen LogP) is 3.49. The van der Waals surface area contributed by atoms with Gasteiger partial charge in [-0.25, -0.2) is 0 Å². The van der Waals surface area contributed by atoms with Crippen LogP contribution in [0.1, 0.15) is 12.5 Å². The second kappa shape index (κ2) is 5.84. The highest BCUT2D eigenvalue weighted by Gasteiger charge is 1.96. The third-order valence-corrected chi connectivity index (χ3v) is 2.02. The maximum atomic E-state index is 8.21. The molecule has 0 bridgehead atoms. The smallest absolute Gasteiger partial charge is 0.0473 e. The van der Waals surface area contributed by atoms with Crippen molar-refractivity contribution in [1.82, 2.24) is 0 Å². The molecule has 1 aromatic carbocycles. The molecular formula is C11H13N3. The summed E-state index contributed by atoms with van der Waals surface area (Å²) < 4.78 is 0. The molecule has 0 saturated heterocycles. The predicted molar refractivity (Wildman–Crippen MR) is 57.9 cm³/mol. The second-order valence-electron chi connectivity index (χ2n) is 3.00. The SMILES string of the molecule is C/C=C(\CN=[N+]=[N-])Cc1ccccc1. The van der Waals surface area contributed by atoms with Gasteiger partial charge in [0.15, 0.2) is 0 Å². The van der Waals surface area contributed by atoms with E-state index in [1.54, 1.807) is 0 Å². The molecule has 0 aliphatic rings. The zero-order valence-electron chi connectivity index (χ0n) is 8.22. The van der Waals surface area contributed by atoms with Crippen molar-refractivity contribution in [3.05, 3.63) is 58.0 Å². The molecule has 72 valence electrons. The Bertz CT molecular complexity index is 348. The van der Waals surface area contributed by atoms with Crippen LogP contribution in [0, 0.1) is 0 Å². The van der Waals surface area contributed by atoms with Crippen molar-refractivity contribution in [2.45, 2.75) is 13.3 Å². The Morgan fingerprint density at radius 2 is 2.14 bits per heavy atom. The first-order valence-corrected chi connectivity index (χ1v) is 4.55. The molecule has 0 atom stereocenters. The maximum Gasteiger partial charge on any atom is 0.0473 e. The second-order valence-corrected chi connectivity index (χ2v) is 3.00. The molecule has 0 amide bonds. The monoisotopic (exact) mass is 187 g/mol. The highest BCUT2D eigenvalue weighted by molar-refractivity contribution is 5.22. The van der Waals surface area contributed by atoms with Crippen LogP contribution in [0.3, 0.4) is 0 Å². The molecule has 0 radical (unpaired) electrons. The fourth-order valence-corrected chi connectivity index (χ4v) is 1.23. The first-order valence-electron chi connectivity index (χ1n) is 4.55. The summed E-state index contributed by atoms with van der Waals surface area (Å²) in [6.45, 7) is 2.42. The minimum absolute atomic E-state index is 0.460. The third-order valence-electron chi connectivity index (χ3n) is 2.02. The number of nitrogens with zero attached hydrogens (tertiary/aromatic N) is 3. The van der Waals surface area contributed by atoms with Crippen LogP contribution in [-0.2, 0) is 6.42 Å². The largest absolute Gasteiger partial charge is 0.0896 e. The summed E-state index contributed by atoms with van der Waals surface area (Å²) in [6, 6.07) is 10.2.